The normalized spacial score (nSPS) is 17.0. The first-order valence-electron chi connectivity index (χ1n) is 15.8. The molecule has 1 aliphatic rings. The Balaban J connectivity index is 1.16. The Hall–Kier alpha value is -4.24. The largest absolute Gasteiger partial charge is 0.528 e. The molecule has 0 aliphatic carbocycles. The van der Waals surface area contributed by atoms with E-state index in [9.17, 15) is 9.59 Å². The van der Waals surface area contributed by atoms with Crippen LogP contribution in [-0.4, -0.2) is 55.2 Å². The van der Waals surface area contributed by atoms with Crippen molar-refractivity contribution >= 4 is 22.9 Å². The Labute approximate surface area is 271 Å². The molecule has 1 fully saturated rings. The number of piperidine rings is 1. The summed E-state index contributed by atoms with van der Waals surface area (Å²) in [6, 6.07) is 32.7. The molecule has 0 spiro atoms. The third-order valence-electron chi connectivity index (χ3n) is 7.79. The van der Waals surface area contributed by atoms with Gasteiger partial charge in [0.05, 0.1) is 32.5 Å². The molecule has 0 saturated carbocycles. The van der Waals surface area contributed by atoms with E-state index < -0.39 is 11.8 Å². The lowest BCUT2D eigenvalue weighted by molar-refractivity contribution is -0.179. The summed E-state index contributed by atoms with van der Waals surface area (Å²) in [6.45, 7) is 7.42. The van der Waals surface area contributed by atoms with Crippen LogP contribution in [0.15, 0.2) is 97.1 Å². The number of carbonyl (C=O) groups is 2. The van der Waals surface area contributed by atoms with Gasteiger partial charge in [-0.2, -0.15) is 0 Å². The van der Waals surface area contributed by atoms with Crippen LogP contribution in [0.2, 0.25) is 0 Å². The number of nitrogens with zero attached hydrogens (tertiary/aromatic N) is 1. The van der Waals surface area contributed by atoms with Gasteiger partial charge in [-0.05, 0) is 66.3 Å². The average molecular weight is 626 g/mol. The van der Waals surface area contributed by atoms with Crippen LogP contribution in [-0.2, 0) is 48.2 Å². The molecule has 0 bridgehead atoms. The van der Waals surface area contributed by atoms with E-state index in [0.717, 1.165) is 28.7 Å². The minimum atomic E-state index is -0.716. The molecule has 1 aliphatic heterocycles. The molecule has 242 valence electrons. The van der Waals surface area contributed by atoms with Crippen LogP contribution < -0.4 is 0 Å². The second kappa shape index (κ2) is 15.9. The van der Waals surface area contributed by atoms with Crippen molar-refractivity contribution in [2.45, 2.75) is 64.4 Å². The van der Waals surface area contributed by atoms with Gasteiger partial charge in [0.25, 0.3) is 0 Å². The third-order valence-corrected chi connectivity index (χ3v) is 7.79. The predicted molar refractivity (Wildman–Crippen MR) is 176 cm³/mol. The average Bonchev–Trinajstić information content (AvgIpc) is 3.04. The molecule has 4 aromatic rings. The Morgan fingerprint density at radius 3 is 2.28 bits per heavy atom. The van der Waals surface area contributed by atoms with Crippen LogP contribution in [0.25, 0.3) is 10.8 Å². The molecule has 4 aromatic carbocycles. The van der Waals surface area contributed by atoms with Gasteiger partial charge in [0.15, 0.2) is 0 Å². The molecule has 0 radical (unpaired) electrons. The highest BCUT2D eigenvalue weighted by atomic mass is 16.8. The highest BCUT2D eigenvalue weighted by Gasteiger charge is 2.34. The number of fused-ring (bicyclic) bond motifs is 1. The van der Waals surface area contributed by atoms with Gasteiger partial charge in [-0.1, -0.05) is 91.0 Å². The molecule has 2 unspecified atom stereocenters. The van der Waals surface area contributed by atoms with Crippen LogP contribution in [0.1, 0.15) is 55.4 Å². The fourth-order valence-corrected chi connectivity index (χ4v) is 5.51. The van der Waals surface area contributed by atoms with E-state index in [1.165, 1.54) is 10.8 Å². The summed E-state index contributed by atoms with van der Waals surface area (Å²) in [5, 5.41) is 3.99. The number of esters is 1. The fourth-order valence-electron chi connectivity index (χ4n) is 5.51. The number of ether oxygens (including phenoxy) is 4. The second-order valence-electron chi connectivity index (χ2n) is 12.6. The van der Waals surface area contributed by atoms with Crippen molar-refractivity contribution in [3.8, 4) is 0 Å². The van der Waals surface area contributed by atoms with Gasteiger partial charge in [-0.25, -0.2) is 9.59 Å². The van der Waals surface area contributed by atoms with Crippen molar-refractivity contribution in [2.24, 2.45) is 0 Å². The summed E-state index contributed by atoms with van der Waals surface area (Å²) in [4.78, 5) is 30.1. The first kappa shape index (κ1) is 33.1. The lowest BCUT2D eigenvalue weighted by Crippen LogP contribution is -2.45. The molecule has 0 aromatic heterocycles. The van der Waals surface area contributed by atoms with E-state index in [2.05, 4.69) is 54.6 Å². The van der Waals surface area contributed by atoms with Gasteiger partial charge in [-0.3, -0.25) is 0 Å². The fraction of sp³-hybridized carbons (Fsp3) is 0.368. The molecule has 8 heteroatoms. The highest BCUT2D eigenvalue weighted by Crippen LogP contribution is 2.32. The standard InChI is InChI=1S/C38H43NO7/c1-38(2,3)45-37(41)46-39-21-19-34(35(24-39)44-26-30-15-16-31-11-7-8-12-33(31)23-30)32-17-13-28(14-18-32)20-22-43-36(40)27-42-25-29-9-5-4-6-10-29/h4-18,23,34-35H,19-22,24-27H2,1-3H3. The maximum atomic E-state index is 12.4. The summed E-state index contributed by atoms with van der Waals surface area (Å²) < 4.78 is 22.8. The van der Waals surface area contributed by atoms with Crippen molar-refractivity contribution < 1.29 is 33.4 Å². The maximum Gasteiger partial charge on any atom is 0.528 e. The van der Waals surface area contributed by atoms with Crippen LogP contribution >= 0.6 is 0 Å². The SMILES string of the molecule is CC(C)(C)OC(=O)ON1CCC(c2ccc(CCOC(=O)COCc3ccccc3)cc2)C(OCc2ccc3ccccc3c2)C1. The van der Waals surface area contributed by atoms with Crippen LogP contribution in [0.4, 0.5) is 4.79 Å². The number of carbonyl (C=O) groups excluding carboxylic acids is 2. The predicted octanol–water partition coefficient (Wildman–Crippen LogP) is 7.38. The van der Waals surface area contributed by atoms with E-state index in [-0.39, 0.29) is 31.2 Å². The first-order chi connectivity index (χ1) is 22.2. The maximum absolute atomic E-state index is 12.4. The summed E-state index contributed by atoms with van der Waals surface area (Å²) in [7, 11) is 0. The van der Waals surface area contributed by atoms with Crippen molar-refractivity contribution in [3.63, 3.8) is 0 Å². The minimum absolute atomic E-state index is 0.0786. The smallest absolute Gasteiger partial charge is 0.464 e. The van der Waals surface area contributed by atoms with Gasteiger partial charge in [-0.15, -0.1) is 5.06 Å². The van der Waals surface area contributed by atoms with Crippen molar-refractivity contribution in [3.05, 3.63) is 119 Å². The lowest BCUT2D eigenvalue weighted by Gasteiger charge is -2.37. The molecule has 46 heavy (non-hydrogen) atoms. The Morgan fingerprint density at radius 1 is 0.804 bits per heavy atom. The molecule has 1 saturated heterocycles. The summed E-state index contributed by atoms with van der Waals surface area (Å²) in [5.41, 5.74) is 3.67. The summed E-state index contributed by atoms with van der Waals surface area (Å²) in [5.74, 6) is -0.271. The zero-order valence-corrected chi connectivity index (χ0v) is 26.9. The zero-order valence-electron chi connectivity index (χ0n) is 26.9. The monoisotopic (exact) mass is 625 g/mol. The first-order valence-corrected chi connectivity index (χ1v) is 15.8. The molecule has 2 atom stereocenters. The van der Waals surface area contributed by atoms with Crippen LogP contribution in [0.5, 0.6) is 0 Å². The molecule has 1 heterocycles. The Kier molecular flexibility index (Phi) is 11.4. The van der Waals surface area contributed by atoms with E-state index in [1.807, 2.05) is 63.2 Å². The van der Waals surface area contributed by atoms with Crippen LogP contribution in [0.3, 0.4) is 0 Å². The van der Waals surface area contributed by atoms with E-state index >= 15 is 0 Å². The Morgan fingerprint density at radius 2 is 1.52 bits per heavy atom. The summed E-state index contributed by atoms with van der Waals surface area (Å²) in [6.07, 6.45) is 0.414. The Bertz CT molecular complexity index is 1570. The molecule has 0 amide bonds. The van der Waals surface area contributed by atoms with E-state index in [4.69, 9.17) is 23.8 Å². The number of rotatable bonds is 12. The molecule has 0 N–H and O–H groups in total. The summed E-state index contributed by atoms with van der Waals surface area (Å²) >= 11 is 0. The van der Waals surface area contributed by atoms with Crippen molar-refractivity contribution in [1.29, 1.82) is 0 Å². The number of hydroxylamine groups is 2. The van der Waals surface area contributed by atoms with Gasteiger partial charge < -0.3 is 23.8 Å². The quantitative estimate of drug-likeness (QED) is 0.151. The number of hydrogen-bond donors (Lipinski definition) is 0. The molecular formula is C38H43NO7. The topological polar surface area (TPSA) is 83.5 Å². The third kappa shape index (κ3) is 10.1. The molecule has 5 rings (SSSR count). The van der Waals surface area contributed by atoms with E-state index in [1.54, 1.807) is 5.06 Å². The van der Waals surface area contributed by atoms with E-state index in [0.29, 0.717) is 32.7 Å². The van der Waals surface area contributed by atoms with Crippen molar-refractivity contribution in [1.82, 2.24) is 5.06 Å². The number of hydrogen-bond acceptors (Lipinski definition) is 8. The second-order valence-corrected chi connectivity index (χ2v) is 12.6. The highest BCUT2D eigenvalue weighted by molar-refractivity contribution is 5.82. The minimum Gasteiger partial charge on any atom is -0.464 e. The van der Waals surface area contributed by atoms with Gasteiger partial charge in [0.2, 0.25) is 0 Å². The zero-order chi connectivity index (χ0) is 32.4. The van der Waals surface area contributed by atoms with Gasteiger partial charge in [0, 0.05) is 18.9 Å². The van der Waals surface area contributed by atoms with Crippen LogP contribution in [0, 0.1) is 0 Å². The number of benzene rings is 4. The van der Waals surface area contributed by atoms with Gasteiger partial charge in [0.1, 0.15) is 12.2 Å². The lowest BCUT2D eigenvalue weighted by atomic mass is 9.87. The molecular weight excluding hydrogens is 582 g/mol. The molecule has 8 nitrogen and oxygen atoms in total. The van der Waals surface area contributed by atoms with Crippen molar-refractivity contribution in [2.75, 3.05) is 26.3 Å². The van der Waals surface area contributed by atoms with Gasteiger partial charge >= 0.3 is 12.1 Å².